The van der Waals surface area contributed by atoms with Crippen LogP contribution >= 0.6 is 0 Å². The van der Waals surface area contributed by atoms with Gasteiger partial charge in [-0.15, -0.1) is 0 Å². The van der Waals surface area contributed by atoms with Crippen LogP contribution in [0.1, 0.15) is 46.0 Å². The maximum absolute atomic E-state index is 11.7. The second-order valence-corrected chi connectivity index (χ2v) is 5.04. The maximum atomic E-state index is 11.7. The summed E-state index contributed by atoms with van der Waals surface area (Å²) in [6.07, 6.45) is 5.04. The monoisotopic (exact) mass is 209 g/mol. The first-order valence-electron chi connectivity index (χ1n) is 5.94. The Morgan fingerprint density at radius 1 is 1.47 bits per heavy atom. The fourth-order valence-electron chi connectivity index (χ4n) is 3.59. The van der Waals surface area contributed by atoms with E-state index in [0.29, 0.717) is 12.3 Å². The molecule has 3 unspecified atom stereocenters. The molecule has 2 rings (SSSR count). The molecule has 3 nitrogen and oxygen atoms in total. The van der Waals surface area contributed by atoms with E-state index in [1.54, 1.807) is 0 Å². The Bertz CT molecular complexity index is 300. The van der Waals surface area contributed by atoms with E-state index in [0.717, 1.165) is 12.8 Å². The van der Waals surface area contributed by atoms with E-state index >= 15 is 0 Å². The molecule has 0 aromatic heterocycles. The molecule has 3 atom stereocenters. The molecule has 1 spiro atoms. The number of amides is 2. The van der Waals surface area contributed by atoms with Gasteiger partial charge in [-0.05, 0) is 24.2 Å². The average molecular weight is 209 g/mol. The molecule has 3 heteroatoms. The third-order valence-electron chi connectivity index (χ3n) is 4.51. The lowest BCUT2D eigenvalue weighted by molar-refractivity contribution is -0.144. The van der Waals surface area contributed by atoms with E-state index < -0.39 is 0 Å². The van der Waals surface area contributed by atoms with Crippen LogP contribution in [0.4, 0.5) is 0 Å². The van der Waals surface area contributed by atoms with Crippen LogP contribution in [-0.4, -0.2) is 11.8 Å². The van der Waals surface area contributed by atoms with Crippen LogP contribution in [0, 0.1) is 17.3 Å². The molecule has 84 valence electrons. The first kappa shape index (κ1) is 10.7. The molecule has 2 fully saturated rings. The number of rotatable bonds is 1. The molecule has 1 aliphatic carbocycles. The van der Waals surface area contributed by atoms with Gasteiger partial charge in [0.2, 0.25) is 11.8 Å². The molecular formula is C12H19NO2. The minimum Gasteiger partial charge on any atom is -0.296 e. The molecule has 1 aliphatic heterocycles. The van der Waals surface area contributed by atoms with E-state index in [1.165, 1.54) is 12.8 Å². The third-order valence-corrected chi connectivity index (χ3v) is 4.51. The third kappa shape index (κ3) is 1.48. The number of hydrogen-bond acceptors (Lipinski definition) is 2. The van der Waals surface area contributed by atoms with Gasteiger partial charge in [-0.3, -0.25) is 14.9 Å². The first-order valence-corrected chi connectivity index (χ1v) is 5.94. The van der Waals surface area contributed by atoms with Crippen molar-refractivity contribution in [2.75, 3.05) is 0 Å². The smallest absolute Gasteiger partial charge is 0.229 e. The summed E-state index contributed by atoms with van der Waals surface area (Å²) in [6, 6.07) is 0. The Balaban J connectivity index is 2.31. The van der Waals surface area contributed by atoms with Gasteiger partial charge in [-0.25, -0.2) is 0 Å². The van der Waals surface area contributed by atoms with Crippen molar-refractivity contribution >= 4 is 11.8 Å². The van der Waals surface area contributed by atoms with E-state index in [9.17, 15) is 9.59 Å². The zero-order valence-corrected chi connectivity index (χ0v) is 9.51. The average Bonchev–Trinajstić information content (AvgIpc) is 2.58. The number of piperidine rings is 1. The largest absolute Gasteiger partial charge is 0.296 e. The summed E-state index contributed by atoms with van der Waals surface area (Å²) < 4.78 is 0. The summed E-state index contributed by atoms with van der Waals surface area (Å²) in [4.78, 5) is 23.2. The van der Waals surface area contributed by atoms with Crippen LogP contribution in [-0.2, 0) is 9.59 Å². The molecule has 1 saturated heterocycles. The van der Waals surface area contributed by atoms with Crippen molar-refractivity contribution in [3.63, 3.8) is 0 Å². The molecule has 0 aromatic rings. The van der Waals surface area contributed by atoms with Gasteiger partial charge < -0.3 is 0 Å². The van der Waals surface area contributed by atoms with Gasteiger partial charge in [0.05, 0.1) is 0 Å². The van der Waals surface area contributed by atoms with Crippen LogP contribution in [0.5, 0.6) is 0 Å². The quantitative estimate of drug-likeness (QED) is 0.670. The normalized spacial score (nSPS) is 40.9. The molecule has 0 radical (unpaired) electrons. The summed E-state index contributed by atoms with van der Waals surface area (Å²) >= 11 is 0. The lowest BCUT2D eigenvalue weighted by Crippen LogP contribution is -2.52. The van der Waals surface area contributed by atoms with Gasteiger partial charge in [-0.1, -0.05) is 26.7 Å². The minimum atomic E-state index is -0.0709. The predicted molar refractivity (Wildman–Crippen MR) is 57.0 cm³/mol. The molecule has 15 heavy (non-hydrogen) atoms. The summed E-state index contributed by atoms with van der Waals surface area (Å²) in [5.41, 5.74) is -0.0197. The number of nitrogens with one attached hydrogen (secondary N) is 1. The topological polar surface area (TPSA) is 46.2 Å². The first-order chi connectivity index (χ1) is 7.10. The molecule has 2 amide bonds. The fourth-order valence-corrected chi connectivity index (χ4v) is 3.59. The maximum Gasteiger partial charge on any atom is 0.229 e. The molecular weight excluding hydrogens is 190 g/mol. The van der Waals surface area contributed by atoms with Crippen LogP contribution in [0.25, 0.3) is 0 Å². The molecule has 0 bridgehead atoms. The highest BCUT2D eigenvalue weighted by Crippen LogP contribution is 2.53. The van der Waals surface area contributed by atoms with Gasteiger partial charge >= 0.3 is 0 Å². The van der Waals surface area contributed by atoms with Crippen LogP contribution in [0.15, 0.2) is 0 Å². The Morgan fingerprint density at radius 3 is 2.87 bits per heavy atom. The summed E-state index contributed by atoms with van der Waals surface area (Å²) in [5, 5.41) is 2.45. The van der Waals surface area contributed by atoms with Crippen molar-refractivity contribution < 1.29 is 9.59 Å². The summed E-state index contributed by atoms with van der Waals surface area (Å²) in [6.45, 7) is 4.15. The van der Waals surface area contributed by atoms with Gasteiger partial charge in [0.1, 0.15) is 0 Å². The zero-order valence-electron chi connectivity index (χ0n) is 9.51. The van der Waals surface area contributed by atoms with Crippen molar-refractivity contribution in [2.24, 2.45) is 17.3 Å². The Labute approximate surface area is 90.6 Å². The predicted octanol–water partition coefficient (Wildman–Crippen LogP) is 1.87. The number of imide groups is 1. The fraction of sp³-hybridized carbons (Fsp3) is 0.833. The van der Waals surface area contributed by atoms with Crippen molar-refractivity contribution in [1.82, 2.24) is 5.32 Å². The second-order valence-electron chi connectivity index (χ2n) is 5.04. The lowest BCUT2D eigenvalue weighted by atomic mass is 9.64. The Kier molecular flexibility index (Phi) is 2.57. The molecule has 1 saturated carbocycles. The standard InChI is InChI=1S/C12H19NO2/c1-3-9-5-4-6-12(9)7-10(14)13-11(15)8(12)2/h8-9H,3-7H2,1-2H3,(H,13,14,15). The number of carbonyl (C=O) groups excluding carboxylic acids is 2. The summed E-state index contributed by atoms with van der Waals surface area (Å²) in [7, 11) is 0. The Morgan fingerprint density at radius 2 is 2.20 bits per heavy atom. The van der Waals surface area contributed by atoms with Crippen LogP contribution in [0.2, 0.25) is 0 Å². The highest BCUT2D eigenvalue weighted by Gasteiger charge is 2.52. The van der Waals surface area contributed by atoms with Crippen LogP contribution < -0.4 is 5.32 Å². The Hall–Kier alpha value is -0.860. The molecule has 0 aromatic carbocycles. The SMILES string of the molecule is CCC1CCCC12CC(=O)NC(=O)C2C. The number of carbonyl (C=O) groups is 2. The van der Waals surface area contributed by atoms with Crippen molar-refractivity contribution in [2.45, 2.75) is 46.0 Å². The minimum absolute atomic E-state index is 0.00245. The second kappa shape index (κ2) is 3.62. The van der Waals surface area contributed by atoms with Gasteiger partial charge in [0, 0.05) is 12.3 Å². The van der Waals surface area contributed by atoms with Gasteiger partial charge in [-0.2, -0.15) is 0 Å². The van der Waals surface area contributed by atoms with E-state index in [4.69, 9.17) is 0 Å². The van der Waals surface area contributed by atoms with Crippen molar-refractivity contribution in [3.8, 4) is 0 Å². The van der Waals surface area contributed by atoms with Crippen molar-refractivity contribution in [3.05, 3.63) is 0 Å². The van der Waals surface area contributed by atoms with Crippen molar-refractivity contribution in [1.29, 1.82) is 0 Å². The van der Waals surface area contributed by atoms with E-state index in [1.807, 2.05) is 6.92 Å². The molecule has 2 aliphatic rings. The van der Waals surface area contributed by atoms with E-state index in [2.05, 4.69) is 12.2 Å². The number of hydrogen-bond donors (Lipinski definition) is 1. The highest BCUT2D eigenvalue weighted by molar-refractivity contribution is 5.99. The zero-order chi connectivity index (χ0) is 11.1. The molecule has 1 heterocycles. The lowest BCUT2D eigenvalue weighted by Gasteiger charge is -2.42. The van der Waals surface area contributed by atoms with Crippen LogP contribution in [0.3, 0.4) is 0 Å². The van der Waals surface area contributed by atoms with E-state index in [-0.39, 0.29) is 23.1 Å². The van der Waals surface area contributed by atoms with Gasteiger partial charge in [0.25, 0.3) is 0 Å². The van der Waals surface area contributed by atoms with Gasteiger partial charge in [0.15, 0.2) is 0 Å². The highest BCUT2D eigenvalue weighted by atomic mass is 16.2. The molecule has 1 N–H and O–H groups in total. The summed E-state index contributed by atoms with van der Waals surface area (Å²) in [5.74, 6) is 0.426.